The number of likely N-dealkylation sites (tertiary alicyclic amines) is 2. The molecule has 1 unspecified atom stereocenters. The number of hydrogen-bond acceptors (Lipinski definition) is 5. The van der Waals surface area contributed by atoms with Gasteiger partial charge in [0.25, 0.3) is 0 Å². The van der Waals surface area contributed by atoms with Gasteiger partial charge < -0.3 is 14.5 Å². The Kier molecular flexibility index (Phi) is 7.33. The summed E-state index contributed by atoms with van der Waals surface area (Å²) in [4.78, 5) is 17.4. The van der Waals surface area contributed by atoms with Crippen molar-refractivity contribution in [3.8, 4) is 0 Å². The van der Waals surface area contributed by atoms with Crippen molar-refractivity contribution < 1.29 is 13.9 Å². The fraction of sp³-hybridized carbons (Fsp3) is 0.762. The smallest absolute Gasteiger partial charge is 0.224 e. The maximum Gasteiger partial charge on any atom is 0.224 e. The lowest BCUT2D eigenvalue weighted by atomic mass is 9.93. The minimum Gasteiger partial charge on any atom is -0.465 e. The van der Waals surface area contributed by atoms with Gasteiger partial charge in [-0.15, -0.1) is 0 Å². The van der Waals surface area contributed by atoms with Crippen LogP contribution < -0.4 is 5.32 Å². The number of hydrogen-bond donors (Lipinski definition) is 1. The zero-order valence-electron chi connectivity index (χ0n) is 17.1. The molecule has 152 valence electrons. The Morgan fingerprint density at radius 2 is 2.04 bits per heavy atom. The van der Waals surface area contributed by atoms with Crippen LogP contribution in [0.25, 0.3) is 0 Å². The molecule has 1 aromatic rings. The number of methoxy groups -OCH3 is 1. The van der Waals surface area contributed by atoms with Crippen molar-refractivity contribution in [2.75, 3.05) is 46.4 Å². The second-order valence-electron chi connectivity index (χ2n) is 8.08. The van der Waals surface area contributed by atoms with Crippen LogP contribution in [-0.4, -0.2) is 68.2 Å². The van der Waals surface area contributed by atoms with Gasteiger partial charge >= 0.3 is 0 Å². The first-order chi connectivity index (χ1) is 13.1. The zero-order valence-corrected chi connectivity index (χ0v) is 17.1. The van der Waals surface area contributed by atoms with Gasteiger partial charge in [-0.3, -0.25) is 14.6 Å². The van der Waals surface area contributed by atoms with Crippen molar-refractivity contribution in [1.29, 1.82) is 0 Å². The lowest BCUT2D eigenvalue weighted by molar-refractivity contribution is -0.127. The molecule has 0 radical (unpaired) electrons. The highest BCUT2D eigenvalue weighted by Crippen LogP contribution is 2.25. The van der Waals surface area contributed by atoms with Crippen LogP contribution in [0.5, 0.6) is 0 Å². The van der Waals surface area contributed by atoms with E-state index in [2.05, 4.69) is 28.1 Å². The van der Waals surface area contributed by atoms with Crippen molar-refractivity contribution in [1.82, 2.24) is 15.1 Å². The number of nitrogens with zero attached hydrogens (tertiary/aromatic N) is 2. The monoisotopic (exact) mass is 377 g/mol. The third-order valence-electron chi connectivity index (χ3n) is 6.10. The van der Waals surface area contributed by atoms with Crippen LogP contribution in [0.15, 0.2) is 10.5 Å². The van der Waals surface area contributed by atoms with Crippen LogP contribution in [0.2, 0.25) is 0 Å². The Hall–Kier alpha value is -1.37. The van der Waals surface area contributed by atoms with E-state index in [1.807, 2.05) is 6.92 Å². The molecule has 2 aliphatic heterocycles. The van der Waals surface area contributed by atoms with Gasteiger partial charge in [0.15, 0.2) is 0 Å². The van der Waals surface area contributed by atoms with E-state index in [1.165, 1.54) is 18.4 Å². The average Bonchev–Trinajstić information content (AvgIpc) is 2.99. The van der Waals surface area contributed by atoms with Crippen LogP contribution in [0.4, 0.5) is 0 Å². The van der Waals surface area contributed by atoms with Crippen molar-refractivity contribution in [2.45, 2.75) is 52.1 Å². The average molecular weight is 378 g/mol. The Bertz CT molecular complexity index is 588. The lowest BCUT2D eigenvalue weighted by Gasteiger charge is -2.41. The van der Waals surface area contributed by atoms with Crippen LogP contribution in [-0.2, 0) is 16.1 Å². The van der Waals surface area contributed by atoms with Gasteiger partial charge in [0.2, 0.25) is 5.91 Å². The van der Waals surface area contributed by atoms with Crippen molar-refractivity contribution in [3.05, 3.63) is 23.2 Å². The van der Waals surface area contributed by atoms with E-state index in [1.54, 1.807) is 7.11 Å². The highest BCUT2D eigenvalue weighted by Gasteiger charge is 2.31. The maximum absolute atomic E-state index is 12.4. The number of aryl methyl sites for hydroxylation is 2. The standard InChI is InChI=1S/C21H35N3O3/c1-16-13-20(27-17(16)2)15-23-10-6-19(7-11-23)24-9-4-5-18(14-24)21(25)22-8-12-26-3/h13,18-19H,4-12,14-15H2,1-3H3,(H,22,25). The number of nitrogens with one attached hydrogen (secondary N) is 1. The van der Waals surface area contributed by atoms with Crippen molar-refractivity contribution in [3.63, 3.8) is 0 Å². The van der Waals surface area contributed by atoms with Gasteiger partial charge in [-0.2, -0.15) is 0 Å². The predicted octanol–water partition coefficient (Wildman–Crippen LogP) is 2.34. The first kappa shape index (κ1) is 20.4. The van der Waals surface area contributed by atoms with Crippen molar-refractivity contribution in [2.24, 2.45) is 5.92 Å². The number of amides is 1. The molecule has 1 amide bonds. The third-order valence-corrected chi connectivity index (χ3v) is 6.10. The summed E-state index contributed by atoms with van der Waals surface area (Å²) in [5.41, 5.74) is 1.24. The van der Waals surface area contributed by atoms with E-state index in [0.717, 1.165) is 57.1 Å². The number of carbonyl (C=O) groups excluding carboxylic acids is 1. The molecule has 6 heteroatoms. The normalized spacial score (nSPS) is 22.9. The summed E-state index contributed by atoms with van der Waals surface area (Å²) in [5.74, 6) is 2.43. The second kappa shape index (κ2) is 9.71. The molecule has 6 nitrogen and oxygen atoms in total. The number of carbonyl (C=O) groups is 1. The van der Waals surface area contributed by atoms with E-state index in [0.29, 0.717) is 19.2 Å². The Balaban J connectivity index is 1.43. The number of furan rings is 1. The Morgan fingerprint density at radius 1 is 1.26 bits per heavy atom. The lowest BCUT2D eigenvalue weighted by Crippen LogP contribution is -2.50. The minimum atomic E-state index is 0.128. The molecule has 0 aliphatic carbocycles. The molecule has 3 heterocycles. The van der Waals surface area contributed by atoms with Gasteiger partial charge in [-0.05, 0) is 57.7 Å². The van der Waals surface area contributed by atoms with Crippen LogP contribution in [0.3, 0.4) is 0 Å². The van der Waals surface area contributed by atoms with Gasteiger partial charge in [0, 0.05) is 39.3 Å². The highest BCUT2D eigenvalue weighted by molar-refractivity contribution is 5.78. The number of piperidine rings is 2. The van der Waals surface area contributed by atoms with Gasteiger partial charge in [-0.1, -0.05) is 0 Å². The first-order valence-electron chi connectivity index (χ1n) is 10.4. The van der Waals surface area contributed by atoms with Crippen molar-refractivity contribution >= 4 is 5.91 Å². The molecule has 0 spiro atoms. The van der Waals surface area contributed by atoms with Crippen LogP contribution in [0, 0.1) is 19.8 Å². The molecule has 1 aromatic heterocycles. The minimum absolute atomic E-state index is 0.128. The summed E-state index contributed by atoms with van der Waals surface area (Å²) in [6.45, 7) is 10.5. The summed E-state index contributed by atoms with van der Waals surface area (Å²) >= 11 is 0. The number of ether oxygens (including phenoxy) is 1. The Morgan fingerprint density at radius 3 is 2.70 bits per heavy atom. The first-order valence-corrected chi connectivity index (χ1v) is 10.4. The third kappa shape index (κ3) is 5.56. The van der Waals surface area contributed by atoms with Crippen LogP contribution >= 0.6 is 0 Å². The molecule has 0 bridgehead atoms. The molecule has 2 fully saturated rings. The zero-order chi connectivity index (χ0) is 19.2. The topological polar surface area (TPSA) is 58.0 Å². The van der Waals surface area contributed by atoms with E-state index in [4.69, 9.17) is 9.15 Å². The van der Waals surface area contributed by atoms with Gasteiger partial charge in [0.05, 0.1) is 19.1 Å². The fourth-order valence-corrected chi connectivity index (χ4v) is 4.36. The molecule has 3 rings (SSSR count). The number of rotatable bonds is 7. The van der Waals surface area contributed by atoms with E-state index in [9.17, 15) is 4.79 Å². The summed E-state index contributed by atoms with van der Waals surface area (Å²) in [6.07, 6.45) is 4.48. The molecule has 1 atom stereocenters. The van der Waals surface area contributed by atoms with Gasteiger partial charge in [0.1, 0.15) is 11.5 Å². The van der Waals surface area contributed by atoms with E-state index in [-0.39, 0.29) is 11.8 Å². The summed E-state index contributed by atoms with van der Waals surface area (Å²) in [5, 5.41) is 3.01. The fourth-order valence-electron chi connectivity index (χ4n) is 4.36. The summed E-state index contributed by atoms with van der Waals surface area (Å²) < 4.78 is 10.9. The van der Waals surface area contributed by atoms with Gasteiger partial charge in [-0.25, -0.2) is 0 Å². The SMILES string of the molecule is COCCNC(=O)C1CCCN(C2CCN(Cc3cc(C)c(C)o3)CC2)C1. The molecule has 0 aromatic carbocycles. The summed E-state index contributed by atoms with van der Waals surface area (Å²) in [7, 11) is 1.66. The second-order valence-corrected chi connectivity index (χ2v) is 8.08. The van der Waals surface area contributed by atoms with E-state index < -0.39 is 0 Å². The molecular formula is C21H35N3O3. The van der Waals surface area contributed by atoms with E-state index >= 15 is 0 Å². The largest absolute Gasteiger partial charge is 0.465 e. The highest BCUT2D eigenvalue weighted by atomic mass is 16.5. The molecule has 2 saturated heterocycles. The molecule has 1 N–H and O–H groups in total. The molecule has 27 heavy (non-hydrogen) atoms. The summed E-state index contributed by atoms with van der Waals surface area (Å²) in [6, 6.07) is 2.77. The molecule has 0 saturated carbocycles. The predicted molar refractivity (Wildman–Crippen MR) is 106 cm³/mol. The molecular weight excluding hydrogens is 342 g/mol. The Labute approximate surface area is 163 Å². The molecule has 2 aliphatic rings. The quantitative estimate of drug-likeness (QED) is 0.739. The maximum atomic E-state index is 12.4. The van der Waals surface area contributed by atoms with Crippen LogP contribution in [0.1, 0.15) is 42.8 Å².